The number of urea groups is 1. The summed E-state index contributed by atoms with van der Waals surface area (Å²) >= 11 is 1.48. The van der Waals surface area contributed by atoms with Gasteiger partial charge in [-0.05, 0) is 44.5 Å². The van der Waals surface area contributed by atoms with Crippen LogP contribution in [0.5, 0.6) is 0 Å². The maximum Gasteiger partial charge on any atom is 0.323 e. The van der Waals surface area contributed by atoms with Crippen molar-refractivity contribution in [3.05, 3.63) is 95.3 Å². The molecule has 0 saturated carbocycles. The molecule has 3 amide bonds. The van der Waals surface area contributed by atoms with Crippen LogP contribution in [0, 0.1) is 12.7 Å². The third kappa shape index (κ3) is 3.64. The Balaban J connectivity index is 1.60. The molecule has 1 saturated heterocycles. The fraction of sp³-hybridized carbons (Fsp3) is 0.259. The quantitative estimate of drug-likeness (QED) is 0.514. The highest BCUT2D eigenvalue weighted by molar-refractivity contribution is 8.02. The van der Waals surface area contributed by atoms with Gasteiger partial charge < -0.3 is 10.2 Å². The number of benzene rings is 3. The lowest BCUT2D eigenvalue weighted by atomic mass is 10.0. The summed E-state index contributed by atoms with van der Waals surface area (Å²) in [5.74, 6) is -0.674. The van der Waals surface area contributed by atoms with Crippen molar-refractivity contribution in [1.29, 1.82) is 0 Å². The first-order valence-corrected chi connectivity index (χ1v) is 12.0. The third-order valence-corrected chi connectivity index (χ3v) is 7.82. The zero-order valence-corrected chi connectivity index (χ0v) is 20.2. The van der Waals surface area contributed by atoms with Gasteiger partial charge in [0.15, 0.2) is 4.87 Å². The van der Waals surface area contributed by atoms with Gasteiger partial charge in [0.05, 0.1) is 17.9 Å². The highest BCUT2D eigenvalue weighted by Gasteiger charge is 2.63. The van der Waals surface area contributed by atoms with Crippen molar-refractivity contribution in [2.45, 2.75) is 36.9 Å². The smallest absolute Gasteiger partial charge is 0.305 e. The third-order valence-electron chi connectivity index (χ3n) is 6.23. The van der Waals surface area contributed by atoms with Crippen LogP contribution in [0.2, 0.25) is 0 Å². The second-order valence-corrected chi connectivity index (χ2v) is 11.3. The van der Waals surface area contributed by atoms with Crippen molar-refractivity contribution in [1.82, 2.24) is 4.90 Å². The number of rotatable bonds is 3. The molecule has 0 radical (unpaired) electrons. The van der Waals surface area contributed by atoms with Crippen LogP contribution in [0.1, 0.15) is 30.5 Å². The normalized spacial score (nSPS) is 20.6. The monoisotopic (exact) mass is 475 g/mol. The Hall–Kier alpha value is -3.32. The molecule has 1 fully saturated rings. The summed E-state index contributed by atoms with van der Waals surface area (Å²) in [6.45, 7) is 6.78. The highest BCUT2D eigenvalue weighted by Crippen LogP contribution is 2.60. The molecule has 34 heavy (non-hydrogen) atoms. The van der Waals surface area contributed by atoms with E-state index in [4.69, 9.17) is 0 Å². The minimum Gasteiger partial charge on any atom is -0.305 e. The van der Waals surface area contributed by atoms with E-state index >= 15 is 0 Å². The fourth-order valence-corrected chi connectivity index (χ4v) is 6.51. The van der Waals surface area contributed by atoms with Gasteiger partial charge in [-0.2, -0.15) is 0 Å². The number of aryl methyl sites for hydroxylation is 1. The molecule has 174 valence electrons. The lowest BCUT2D eigenvalue weighted by molar-refractivity contribution is -0.123. The number of carbonyl (C=O) groups is 2. The van der Waals surface area contributed by atoms with Crippen LogP contribution in [0.15, 0.2) is 72.8 Å². The summed E-state index contributed by atoms with van der Waals surface area (Å²) in [7, 11) is 0. The molecule has 3 aromatic rings. The Morgan fingerprint density at radius 2 is 1.76 bits per heavy atom. The van der Waals surface area contributed by atoms with Gasteiger partial charge in [-0.25, -0.2) is 9.18 Å². The lowest BCUT2D eigenvalue weighted by Gasteiger charge is -2.33. The number of thioether (sulfide) groups is 1. The molecule has 7 heteroatoms. The summed E-state index contributed by atoms with van der Waals surface area (Å²) in [5.41, 5.74) is 3.70. The Morgan fingerprint density at radius 1 is 1.06 bits per heavy atom. The van der Waals surface area contributed by atoms with Crippen LogP contribution in [0.4, 0.5) is 20.6 Å². The molecule has 1 spiro atoms. The van der Waals surface area contributed by atoms with Gasteiger partial charge in [0.1, 0.15) is 5.82 Å². The van der Waals surface area contributed by atoms with Crippen molar-refractivity contribution in [3.63, 3.8) is 0 Å². The maximum absolute atomic E-state index is 14.3. The lowest BCUT2D eigenvalue weighted by Crippen LogP contribution is -2.51. The number of hydrogen-bond acceptors (Lipinski definition) is 3. The van der Waals surface area contributed by atoms with Gasteiger partial charge in [0.25, 0.3) is 5.91 Å². The van der Waals surface area contributed by atoms with Gasteiger partial charge in [0.2, 0.25) is 0 Å². The molecule has 1 atom stereocenters. The highest BCUT2D eigenvalue weighted by atomic mass is 32.2. The Kier molecular flexibility index (Phi) is 5.40. The number of anilines is 2. The number of hydrogen-bond donors (Lipinski definition) is 1. The van der Waals surface area contributed by atoms with Crippen molar-refractivity contribution >= 4 is 35.1 Å². The summed E-state index contributed by atoms with van der Waals surface area (Å²) in [6, 6.07) is 21.3. The largest absolute Gasteiger partial charge is 0.323 e. The molecule has 3 aromatic carbocycles. The number of amides is 3. The van der Waals surface area contributed by atoms with Gasteiger partial charge in [-0.15, -0.1) is 11.8 Å². The van der Waals surface area contributed by atoms with Crippen LogP contribution in [-0.2, 0) is 16.2 Å². The van der Waals surface area contributed by atoms with Crippen LogP contribution >= 0.6 is 11.8 Å². The molecule has 0 bridgehead atoms. The molecule has 1 N–H and O–H groups in total. The van der Waals surface area contributed by atoms with E-state index in [-0.39, 0.29) is 16.3 Å². The van der Waals surface area contributed by atoms with Crippen molar-refractivity contribution in [2.75, 3.05) is 16.8 Å². The predicted molar refractivity (Wildman–Crippen MR) is 134 cm³/mol. The summed E-state index contributed by atoms with van der Waals surface area (Å²) in [5, 5.41) is 2.70. The maximum atomic E-state index is 14.3. The number of fused-ring (bicyclic) bond motifs is 2. The zero-order valence-electron chi connectivity index (χ0n) is 19.3. The van der Waals surface area contributed by atoms with E-state index in [0.29, 0.717) is 13.1 Å². The van der Waals surface area contributed by atoms with Gasteiger partial charge >= 0.3 is 6.03 Å². The van der Waals surface area contributed by atoms with E-state index in [9.17, 15) is 14.0 Å². The SMILES string of the molecule is Cc1ccc2c(c1)[C@@]1(SC(C)(C)CN1C(=O)Nc1ccccc1F)C(=O)N2Cc1ccccc1. The molecule has 0 aliphatic carbocycles. The number of carbonyl (C=O) groups excluding carboxylic acids is 2. The van der Waals surface area contributed by atoms with Gasteiger partial charge in [0, 0.05) is 16.9 Å². The van der Waals surface area contributed by atoms with Crippen LogP contribution in [0.3, 0.4) is 0 Å². The molecular weight excluding hydrogens is 449 g/mol. The second kappa shape index (κ2) is 8.17. The van der Waals surface area contributed by atoms with E-state index in [1.165, 1.54) is 23.9 Å². The van der Waals surface area contributed by atoms with Gasteiger partial charge in [-0.3, -0.25) is 9.69 Å². The van der Waals surface area contributed by atoms with Crippen molar-refractivity contribution < 1.29 is 14.0 Å². The van der Waals surface area contributed by atoms with Crippen LogP contribution < -0.4 is 10.2 Å². The summed E-state index contributed by atoms with van der Waals surface area (Å²) < 4.78 is 13.9. The summed E-state index contributed by atoms with van der Waals surface area (Å²) in [4.78, 5) is 29.9. The molecule has 0 aromatic heterocycles. The molecule has 0 unspecified atom stereocenters. The Bertz CT molecular complexity index is 1280. The Morgan fingerprint density at radius 3 is 2.50 bits per heavy atom. The first-order chi connectivity index (χ1) is 16.2. The van der Waals surface area contributed by atoms with E-state index in [1.54, 1.807) is 21.9 Å². The van der Waals surface area contributed by atoms with Crippen molar-refractivity contribution in [2.24, 2.45) is 0 Å². The molecule has 5 nitrogen and oxygen atoms in total. The minimum atomic E-state index is -1.23. The van der Waals surface area contributed by atoms with E-state index in [2.05, 4.69) is 5.32 Å². The first kappa shape index (κ1) is 22.5. The molecule has 2 aliphatic rings. The van der Waals surface area contributed by atoms with Crippen LogP contribution in [0.25, 0.3) is 0 Å². The predicted octanol–water partition coefficient (Wildman–Crippen LogP) is 5.89. The van der Waals surface area contributed by atoms with Crippen molar-refractivity contribution in [3.8, 4) is 0 Å². The number of para-hydroxylation sites is 1. The standard InChI is InChI=1S/C27H26FN3O2S/c1-18-13-14-23-20(15-18)27(24(32)30(23)16-19-9-5-4-6-10-19)31(17-26(2,3)34-27)25(33)29-22-12-8-7-11-21(22)28/h4-15H,16-17H2,1-3H3,(H,29,33)/t27-/m1/s1. The first-order valence-electron chi connectivity index (χ1n) is 11.2. The molecule has 2 aliphatic heterocycles. The second-order valence-electron chi connectivity index (χ2n) is 9.40. The number of nitrogens with one attached hydrogen (secondary N) is 1. The average Bonchev–Trinajstić information content (AvgIpc) is 3.22. The van der Waals surface area contributed by atoms with E-state index < -0.39 is 16.7 Å². The molecular formula is C27H26FN3O2S. The van der Waals surface area contributed by atoms with E-state index in [0.717, 1.165) is 22.4 Å². The number of halogens is 1. The van der Waals surface area contributed by atoms with E-state index in [1.807, 2.05) is 69.3 Å². The minimum absolute atomic E-state index is 0.0911. The topological polar surface area (TPSA) is 52.7 Å². The molecule has 2 heterocycles. The van der Waals surface area contributed by atoms with Crippen LogP contribution in [-0.4, -0.2) is 28.1 Å². The zero-order chi connectivity index (χ0) is 24.1. The van der Waals surface area contributed by atoms with Gasteiger partial charge in [-0.1, -0.05) is 60.2 Å². The summed E-state index contributed by atoms with van der Waals surface area (Å²) in [6.07, 6.45) is 0. The fourth-order valence-electron chi connectivity index (χ4n) is 4.79. The average molecular weight is 476 g/mol. The molecule has 5 rings (SSSR count). The Labute approximate surface area is 202 Å². The number of nitrogens with zero attached hydrogens (tertiary/aromatic N) is 2.